The van der Waals surface area contributed by atoms with E-state index in [1.54, 1.807) is 11.8 Å². The number of carbonyl (C=O) groups is 1. The summed E-state index contributed by atoms with van der Waals surface area (Å²) in [6.07, 6.45) is 0. The Hall–Kier alpha value is -1.45. The molecule has 1 N–H and O–H groups in total. The standard InChI is InChI=1S/C18H20ClNOS/c1-13-6-5-7-15(10-13)12-22-14(2)18(21)20-11-16-8-3-4-9-17(16)19/h3-10,14H,11-12H2,1-2H3,(H,20,21). The van der Waals surface area contributed by atoms with Crippen LogP contribution >= 0.6 is 23.4 Å². The molecule has 22 heavy (non-hydrogen) atoms. The van der Waals surface area contributed by atoms with Crippen LogP contribution in [0.2, 0.25) is 5.02 Å². The summed E-state index contributed by atoms with van der Waals surface area (Å²) < 4.78 is 0. The number of thioether (sulfide) groups is 1. The summed E-state index contributed by atoms with van der Waals surface area (Å²) in [5.74, 6) is 0.875. The van der Waals surface area contributed by atoms with E-state index in [0.29, 0.717) is 11.6 Å². The van der Waals surface area contributed by atoms with Gasteiger partial charge in [0.15, 0.2) is 0 Å². The van der Waals surface area contributed by atoms with Gasteiger partial charge in [-0.2, -0.15) is 0 Å². The maximum absolute atomic E-state index is 12.1. The quantitative estimate of drug-likeness (QED) is 0.838. The Morgan fingerprint density at radius 2 is 2.00 bits per heavy atom. The van der Waals surface area contributed by atoms with Crippen molar-refractivity contribution >= 4 is 29.3 Å². The minimum atomic E-state index is -0.0944. The Morgan fingerprint density at radius 3 is 2.73 bits per heavy atom. The van der Waals surface area contributed by atoms with Crippen molar-refractivity contribution in [2.24, 2.45) is 0 Å². The fourth-order valence-corrected chi connectivity index (χ4v) is 3.13. The van der Waals surface area contributed by atoms with E-state index in [4.69, 9.17) is 11.6 Å². The van der Waals surface area contributed by atoms with Crippen LogP contribution in [0, 0.1) is 6.92 Å². The van der Waals surface area contributed by atoms with Crippen LogP contribution in [-0.4, -0.2) is 11.2 Å². The van der Waals surface area contributed by atoms with E-state index in [-0.39, 0.29) is 11.2 Å². The van der Waals surface area contributed by atoms with Crippen molar-refractivity contribution in [1.29, 1.82) is 0 Å². The summed E-state index contributed by atoms with van der Waals surface area (Å²) in [4.78, 5) is 12.1. The van der Waals surface area contributed by atoms with E-state index in [9.17, 15) is 4.79 Å². The van der Waals surface area contributed by atoms with E-state index in [1.807, 2.05) is 37.3 Å². The molecule has 0 bridgehead atoms. The van der Waals surface area contributed by atoms with Gasteiger partial charge in [-0.3, -0.25) is 4.79 Å². The van der Waals surface area contributed by atoms with Crippen LogP contribution in [-0.2, 0) is 17.1 Å². The molecule has 2 aromatic rings. The third kappa shape index (κ3) is 5.08. The van der Waals surface area contributed by atoms with E-state index in [2.05, 4.69) is 30.4 Å². The molecule has 0 radical (unpaired) electrons. The number of nitrogens with one attached hydrogen (secondary N) is 1. The molecule has 2 aromatic carbocycles. The lowest BCUT2D eigenvalue weighted by Gasteiger charge is -2.13. The summed E-state index contributed by atoms with van der Waals surface area (Å²) >= 11 is 7.73. The zero-order chi connectivity index (χ0) is 15.9. The molecule has 0 aliphatic carbocycles. The zero-order valence-electron chi connectivity index (χ0n) is 12.8. The van der Waals surface area contributed by atoms with Gasteiger partial charge in [-0.25, -0.2) is 0 Å². The molecule has 116 valence electrons. The second-order valence-electron chi connectivity index (χ2n) is 5.25. The molecule has 2 nitrogen and oxygen atoms in total. The molecule has 0 spiro atoms. The predicted octanol–water partition coefficient (Wildman–Crippen LogP) is 4.59. The molecule has 1 atom stereocenters. The van der Waals surface area contributed by atoms with Crippen LogP contribution in [0.1, 0.15) is 23.6 Å². The number of aryl methyl sites for hydroxylation is 1. The highest BCUT2D eigenvalue weighted by Crippen LogP contribution is 2.19. The SMILES string of the molecule is Cc1cccc(CSC(C)C(=O)NCc2ccccc2Cl)c1. The second kappa shape index (κ2) is 8.25. The lowest BCUT2D eigenvalue weighted by atomic mass is 10.2. The molecular formula is C18H20ClNOS. The molecule has 0 aromatic heterocycles. The van der Waals surface area contributed by atoms with Gasteiger partial charge in [-0.15, -0.1) is 11.8 Å². The van der Waals surface area contributed by atoms with E-state index in [0.717, 1.165) is 11.3 Å². The normalized spacial score (nSPS) is 12.0. The first-order valence-corrected chi connectivity index (χ1v) is 8.67. The number of amides is 1. The third-order valence-corrected chi connectivity index (χ3v) is 4.95. The molecule has 0 aliphatic rings. The van der Waals surface area contributed by atoms with Gasteiger partial charge in [0.05, 0.1) is 5.25 Å². The molecule has 0 aliphatic heterocycles. The van der Waals surface area contributed by atoms with Crippen LogP contribution in [0.25, 0.3) is 0 Å². The molecule has 1 unspecified atom stereocenters. The maximum atomic E-state index is 12.1. The van der Waals surface area contributed by atoms with E-state index in [1.165, 1.54) is 11.1 Å². The Bertz CT molecular complexity index is 644. The lowest BCUT2D eigenvalue weighted by molar-refractivity contribution is -0.120. The number of benzene rings is 2. The van der Waals surface area contributed by atoms with Gasteiger partial charge in [-0.1, -0.05) is 59.6 Å². The molecule has 1 amide bonds. The summed E-state index contributed by atoms with van der Waals surface area (Å²) in [6.45, 7) is 4.48. The zero-order valence-corrected chi connectivity index (χ0v) is 14.4. The maximum Gasteiger partial charge on any atom is 0.233 e. The Balaban J connectivity index is 1.81. The monoisotopic (exact) mass is 333 g/mol. The average molecular weight is 334 g/mol. The number of halogens is 1. The first-order valence-electron chi connectivity index (χ1n) is 7.24. The highest BCUT2D eigenvalue weighted by molar-refractivity contribution is 7.99. The Morgan fingerprint density at radius 1 is 1.23 bits per heavy atom. The van der Waals surface area contributed by atoms with Crippen molar-refractivity contribution in [3.8, 4) is 0 Å². The minimum Gasteiger partial charge on any atom is -0.351 e. The third-order valence-electron chi connectivity index (χ3n) is 3.36. The van der Waals surface area contributed by atoms with Gasteiger partial charge < -0.3 is 5.32 Å². The van der Waals surface area contributed by atoms with Crippen LogP contribution in [0.4, 0.5) is 0 Å². The molecule has 4 heteroatoms. The van der Waals surface area contributed by atoms with Gasteiger partial charge in [0.1, 0.15) is 0 Å². The fraction of sp³-hybridized carbons (Fsp3) is 0.278. The summed E-state index contributed by atoms with van der Waals surface area (Å²) in [5, 5.41) is 3.53. The summed E-state index contributed by atoms with van der Waals surface area (Å²) in [5.41, 5.74) is 3.43. The molecule has 0 saturated carbocycles. The Kier molecular flexibility index (Phi) is 6.34. The van der Waals surface area contributed by atoms with Gasteiger partial charge in [-0.05, 0) is 31.0 Å². The van der Waals surface area contributed by atoms with E-state index >= 15 is 0 Å². The van der Waals surface area contributed by atoms with Crippen LogP contribution in [0.15, 0.2) is 48.5 Å². The van der Waals surface area contributed by atoms with Gasteiger partial charge in [0, 0.05) is 17.3 Å². The molecular weight excluding hydrogens is 314 g/mol. The average Bonchev–Trinajstić information content (AvgIpc) is 2.51. The minimum absolute atomic E-state index is 0.0394. The van der Waals surface area contributed by atoms with Crippen molar-refractivity contribution in [2.75, 3.05) is 0 Å². The molecule has 0 heterocycles. The van der Waals surface area contributed by atoms with Crippen LogP contribution in [0.3, 0.4) is 0 Å². The van der Waals surface area contributed by atoms with Crippen molar-refractivity contribution in [2.45, 2.75) is 31.4 Å². The summed E-state index contributed by atoms with van der Waals surface area (Å²) in [6, 6.07) is 15.9. The first kappa shape index (κ1) is 16.9. The van der Waals surface area contributed by atoms with Crippen LogP contribution in [0.5, 0.6) is 0 Å². The largest absolute Gasteiger partial charge is 0.351 e. The highest BCUT2D eigenvalue weighted by atomic mass is 35.5. The molecule has 0 saturated heterocycles. The molecule has 0 fully saturated rings. The number of hydrogen-bond donors (Lipinski definition) is 1. The van der Waals surface area contributed by atoms with Gasteiger partial charge >= 0.3 is 0 Å². The van der Waals surface area contributed by atoms with Crippen molar-refractivity contribution in [3.05, 3.63) is 70.2 Å². The van der Waals surface area contributed by atoms with Crippen LogP contribution < -0.4 is 5.32 Å². The number of hydrogen-bond acceptors (Lipinski definition) is 2. The predicted molar refractivity (Wildman–Crippen MR) is 95.2 cm³/mol. The smallest absolute Gasteiger partial charge is 0.233 e. The topological polar surface area (TPSA) is 29.1 Å². The highest BCUT2D eigenvalue weighted by Gasteiger charge is 2.13. The summed E-state index contributed by atoms with van der Waals surface area (Å²) in [7, 11) is 0. The lowest BCUT2D eigenvalue weighted by Crippen LogP contribution is -2.30. The first-order chi connectivity index (χ1) is 10.6. The van der Waals surface area contributed by atoms with Gasteiger partial charge in [0.25, 0.3) is 0 Å². The molecule has 2 rings (SSSR count). The number of rotatable bonds is 6. The van der Waals surface area contributed by atoms with Gasteiger partial charge in [0.2, 0.25) is 5.91 Å². The fourth-order valence-electron chi connectivity index (χ4n) is 2.07. The van der Waals surface area contributed by atoms with Crippen molar-refractivity contribution < 1.29 is 4.79 Å². The Labute approximate surface area is 141 Å². The van der Waals surface area contributed by atoms with Crippen molar-refractivity contribution in [3.63, 3.8) is 0 Å². The van der Waals surface area contributed by atoms with E-state index < -0.39 is 0 Å². The van der Waals surface area contributed by atoms with Crippen molar-refractivity contribution in [1.82, 2.24) is 5.32 Å². The second-order valence-corrected chi connectivity index (χ2v) is 6.99. The number of carbonyl (C=O) groups excluding carboxylic acids is 1.